The van der Waals surface area contributed by atoms with Crippen molar-refractivity contribution in [2.45, 2.75) is 0 Å². The fraction of sp³-hybridized carbons (Fsp3) is 0. The monoisotopic (exact) mass is 176 g/mol. The maximum atomic E-state index is 10.7. The molecule has 2 aromatic rings. The Balaban J connectivity index is 2.39. The summed E-state index contributed by atoms with van der Waals surface area (Å²) in [5, 5.41) is 6.47. The van der Waals surface area contributed by atoms with E-state index >= 15 is 0 Å². The van der Waals surface area contributed by atoms with Crippen LogP contribution < -0.4 is 5.73 Å². The van der Waals surface area contributed by atoms with Crippen molar-refractivity contribution in [2.24, 2.45) is 5.73 Å². The maximum Gasteiger partial charge on any atom is 0.266 e. The molecule has 2 rings (SSSR count). The molecule has 0 fully saturated rings. The molecule has 0 saturated heterocycles. The molecule has 0 aliphatic rings. The topological polar surface area (TPSA) is 87.6 Å². The molecule has 0 unspecified atom stereocenters. The summed E-state index contributed by atoms with van der Waals surface area (Å²) in [7, 11) is 0. The Hall–Kier alpha value is -2.04. The van der Waals surface area contributed by atoms with Crippen LogP contribution in [0, 0.1) is 0 Å². The van der Waals surface area contributed by atoms with E-state index < -0.39 is 5.91 Å². The molecule has 4 N–H and O–H groups in total. The number of carbonyl (C=O) groups is 1. The van der Waals surface area contributed by atoms with Gasteiger partial charge >= 0.3 is 0 Å². The highest BCUT2D eigenvalue weighted by Crippen LogP contribution is 2.14. The van der Waals surface area contributed by atoms with E-state index in [1.165, 1.54) is 0 Å². The van der Waals surface area contributed by atoms with Gasteiger partial charge in [-0.05, 0) is 18.2 Å². The minimum absolute atomic E-state index is 0.310. The number of primary amides is 1. The van der Waals surface area contributed by atoms with Gasteiger partial charge in [-0.25, -0.2) is 0 Å². The van der Waals surface area contributed by atoms with Crippen molar-refractivity contribution in [3.63, 3.8) is 0 Å². The summed E-state index contributed by atoms with van der Waals surface area (Å²) in [4.78, 5) is 13.7. The molecule has 0 atom stereocenters. The van der Waals surface area contributed by atoms with Crippen LogP contribution in [-0.4, -0.2) is 21.1 Å². The molecule has 0 aliphatic carbocycles. The first-order chi connectivity index (χ1) is 6.27. The van der Waals surface area contributed by atoms with Gasteiger partial charge in [-0.3, -0.25) is 9.89 Å². The highest BCUT2D eigenvalue weighted by molar-refractivity contribution is 5.91. The molecular formula is C8H8N4O. The molecule has 0 aliphatic heterocycles. The van der Waals surface area contributed by atoms with E-state index in [0.717, 1.165) is 5.69 Å². The standard InChI is InChI=1S/C8H8N4O/c9-8(13)7-4-6(11-12-7)5-2-1-3-10-5/h1-4,10H,(H2,9,13)(H,11,12). The fourth-order valence-electron chi connectivity index (χ4n) is 1.08. The largest absolute Gasteiger partial charge is 0.364 e. The predicted molar refractivity (Wildman–Crippen MR) is 46.9 cm³/mol. The van der Waals surface area contributed by atoms with Crippen molar-refractivity contribution in [3.05, 3.63) is 30.1 Å². The number of H-pyrrole nitrogens is 2. The van der Waals surface area contributed by atoms with Crippen LogP contribution in [0.4, 0.5) is 0 Å². The molecule has 2 aromatic heterocycles. The van der Waals surface area contributed by atoms with E-state index in [2.05, 4.69) is 15.2 Å². The second kappa shape index (κ2) is 2.78. The fourth-order valence-corrected chi connectivity index (χ4v) is 1.08. The first-order valence-corrected chi connectivity index (χ1v) is 3.76. The van der Waals surface area contributed by atoms with E-state index in [0.29, 0.717) is 11.4 Å². The van der Waals surface area contributed by atoms with Gasteiger partial charge in [0.2, 0.25) is 0 Å². The third kappa shape index (κ3) is 1.31. The molecule has 0 radical (unpaired) electrons. The zero-order chi connectivity index (χ0) is 9.26. The number of hydrogen-bond acceptors (Lipinski definition) is 2. The van der Waals surface area contributed by atoms with Crippen LogP contribution in [0.1, 0.15) is 10.5 Å². The Labute approximate surface area is 74.0 Å². The quantitative estimate of drug-likeness (QED) is 0.622. The Morgan fingerprint density at radius 3 is 2.92 bits per heavy atom. The van der Waals surface area contributed by atoms with Crippen LogP contribution in [0.3, 0.4) is 0 Å². The van der Waals surface area contributed by atoms with E-state index in [1.807, 2.05) is 12.1 Å². The summed E-state index contributed by atoms with van der Waals surface area (Å²) >= 11 is 0. The Bertz CT molecular complexity index is 415. The van der Waals surface area contributed by atoms with Gasteiger partial charge in [0.25, 0.3) is 5.91 Å². The van der Waals surface area contributed by atoms with Gasteiger partial charge < -0.3 is 10.7 Å². The lowest BCUT2D eigenvalue weighted by Crippen LogP contribution is -2.10. The summed E-state index contributed by atoms with van der Waals surface area (Å²) in [6, 6.07) is 5.32. The lowest BCUT2D eigenvalue weighted by molar-refractivity contribution is 0.0995. The smallest absolute Gasteiger partial charge is 0.266 e. The van der Waals surface area contributed by atoms with Crippen LogP contribution in [0.5, 0.6) is 0 Å². The number of aromatic nitrogens is 3. The van der Waals surface area contributed by atoms with Gasteiger partial charge in [0.1, 0.15) is 11.4 Å². The number of carbonyl (C=O) groups excluding carboxylic acids is 1. The first-order valence-electron chi connectivity index (χ1n) is 3.76. The minimum atomic E-state index is -0.509. The van der Waals surface area contributed by atoms with Crippen molar-refractivity contribution in [1.29, 1.82) is 0 Å². The molecule has 5 nitrogen and oxygen atoms in total. The molecule has 0 bridgehead atoms. The first kappa shape index (κ1) is 7.60. The van der Waals surface area contributed by atoms with Crippen molar-refractivity contribution in [1.82, 2.24) is 15.2 Å². The summed E-state index contributed by atoms with van der Waals surface area (Å²) < 4.78 is 0. The van der Waals surface area contributed by atoms with Crippen LogP contribution >= 0.6 is 0 Å². The SMILES string of the molecule is NC(=O)c1cc(-c2ccc[nH]2)n[nH]1. The normalized spacial score (nSPS) is 10.2. The minimum Gasteiger partial charge on any atom is -0.364 e. The molecule has 66 valence electrons. The van der Waals surface area contributed by atoms with Gasteiger partial charge in [-0.15, -0.1) is 0 Å². The van der Waals surface area contributed by atoms with E-state index in [9.17, 15) is 4.79 Å². The van der Waals surface area contributed by atoms with Gasteiger partial charge in [0.15, 0.2) is 0 Å². The van der Waals surface area contributed by atoms with Crippen molar-refractivity contribution in [2.75, 3.05) is 0 Å². The Morgan fingerprint density at radius 1 is 1.54 bits per heavy atom. The third-order valence-corrected chi connectivity index (χ3v) is 1.72. The zero-order valence-electron chi connectivity index (χ0n) is 6.74. The lowest BCUT2D eigenvalue weighted by atomic mass is 10.3. The summed E-state index contributed by atoms with van der Waals surface area (Å²) in [6.45, 7) is 0. The number of hydrogen-bond donors (Lipinski definition) is 3. The van der Waals surface area contributed by atoms with Crippen LogP contribution in [-0.2, 0) is 0 Å². The number of nitrogens with zero attached hydrogens (tertiary/aromatic N) is 1. The summed E-state index contributed by atoms with van der Waals surface area (Å²) in [5.41, 5.74) is 6.90. The predicted octanol–water partition coefficient (Wildman–Crippen LogP) is 0.504. The number of aromatic amines is 2. The molecular weight excluding hydrogens is 168 g/mol. The van der Waals surface area contributed by atoms with Crippen LogP contribution in [0.2, 0.25) is 0 Å². The highest BCUT2D eigenvalue weighted by Gasteiger charge is 2.07. The molecule has 13 heavy (non-hydrogen) atoms. The highest BCUT2D eigenvalue weighted by atomic mass is 16.1. The average Bonchev–Trinajstić information content (AvgIpc) is 2.75. The second-order valence-electron chi connectivity index (χ2n) is 2.61. The molecule has 0 aromatic carbocycles. The number of nitrogens with one attached hydrogen (secondary N) is 2. The van der Waals surface area contributed by atoms with Crippen LogP contribution in [0.15, 0.2) is 24.4 Å². The lowest BCUT2D eigenvalue weighted by Gasteiger charge is -1.86. The van der Waals surface area contributed by atoms with Gasteiger partial charge in [0, 0.05) is 6.20 Å². The van der Waals surface area contributed by atoms with Crippen molar-refractivity contribution >= 4 is 5.91 Å². The van der Waals surface area contributed by atoms with Crippen molar-refractivity contribution < 1.29 is 4.79 Å². The Kier molecular flexibility index (Phi) is 1.63. The summed E-state index contributed by atoms with van der Waals surface area (Å²) in [5.74, 6) is -0.509. The van der Waals surface area contributed by atoms with E-state index in [-0.39, 0.29) is 0 Å². The van der Waals surface area contributed by atoms with E-state index in [1.54, 1.807) is 12.3 Å². The number of rotatable bonds is 2. The third-order valence-electron chi connectivity index (χ3n) is 1.72. The maximum absolute atomic E-state index is 10.7. The van der Waals surface area contributed by atoms with E-state index in [4.69, 9.17) is 5.73 Å². The summed E-state index contributed by atoms with van der Waals surface area (Å²) in [6.07, 6.45) is 1.79. The zero-order valence-corrected chi connectivity index (χ0v) is 6.74. The molecule has 5 heteroatoms. The average molecular weight is 176 g/mol. The molecule has 1 amide bonds. The van der Waals surface area contributed by atoms with Gasteiger partial charge in [0.05, 0.1) is 5.69 Å². The Morgan fingerprint density at radius 2 is 2.38 bits per heavy atom. The molecule has 2 heterocycles. The molecule has 0 saturated carbocycles. The second-order valence-corrected chi connectivity index (χ2v) is 2.61. The number of nitrogens with two attached hydrogens (primary N) is 1. The van der Waals surface area contributed by atoms with Gasteiger partial charge in [-0.2, -0.15) is 5.10 Å². The number of amides is 1. The molecule has 0 spiro atoms. The van der Waals surface area contributed by atoms with Gasteiger partial charge in [-0.1, -0.05) is 0 Å². The van der Waals surface area contributed by atoms with Crippen molar-refractivity contribution in [3.8, 4) is 11.4 Å². The van der Waals surface area contributed by atoms with Crippen LogP contribution in [0.25, 0.3) is 11.4 Å².